The summed E-state index contributed by atoms with van der Waals surface area (Å²) in [4.78, 5) is 10.2. The van der Waals surface area contributed by atoms with E-state index in [4.69, 9.17) is 5.11 Å². The molecule has 0 aliphatic carbocycles. The maximum atomic E-state index is 10.2. The fourth-order valence-electron chi connectivity index (χ4n) is 1.79. The number of carboxylic acid groups (broad SMARTS) is 1. The topological polar surface area (TPSA) is 60.4 Å². The van der Waals surface area contributed by atoms with Gasteiger partial charge in [-0.05, 0) is 43.4 Å². The average molecular weight is 258 g/mol. The molecule has 0 aliphatic rings. The van der Waals surface area contributed by atoms with Gasteiger partial charge in [0.05, 0.1) is 0 Å². The predicted octanol–water partition coefficient (Wildman–Crippen LogP) is -0.971. The summed E-state index contributed by atoms with van der Waals surface area (Å²) in [5.74, 6) is -0.648. The van der Waals surface area contributed by atoms with Crippen LogP contribution in [0.3, 0.4) is 0 Å². The third-order valence-electron chi connectivity index (χ3n) is 2.78. The number of carboxylic acids is 1. The van der Waals surface area contributed by atoms with Gasteiger partial charge in [0.1, 0.15) is 5.75 Å². The number of rotatable bonds is 8. The van der Waals surface area contributed by atoms with E-state index < -0.39 is 5.97 Å². The summed E-state index contributed by atoms with van der Waals surface area (Å²) in [6, 6.07) is 7.28. The maximum absolute atomic E-state index is 10.2. The van der Waals surface area contributed by atoms with Gasteiger partial charge in [-0.3, -0.25) is 0 Å². The molecule has 94 valence electrons. The molecule has 0 heterocycles. The summed E-state index contributed by atoms with van der Waals surface area (Å²) >= 11 is 0. The van der Waals surface area contributed by atoms with Crippen LogP contribution in [0.4, 0.5) is 0 Å². The Bertz CT molecular complexity index is 335. The van der Waals surface area contributed by atoms with E-state index in [0.29, 0.717) is 5.75 Å². The SMILES string of the molecule is O=C([O-])CCCCCCCc1ccc(O)cc1.[Na+]. The van der Waals surface area contributed by atoms with Gasteiger partial charge < -0.3 is 15.0 Å². The molecule has 0 aromatic heterocycles. The minimum absolute atomic E-state index is 0. The first kappa shape index (κ1) is 17.5. The molecule has 1 N–H and O–H groups in total. The number of aliphatic carboxylic acids is 1. The quantitative estimate of drug-likeness (QED) is 0.482. The van der Waals surface area contributed by atoms with E-state index in [1.54, 1.807) is 12.1 Å². The number of benzene rings is 1. The first-order valence-corrected chi connectivity index (χ1v) is 6.16. The Balaban J connectivity index is 0.00000289. The molecule has 0 saturated heterocycles. The van der Waals surface area contributed by atoms with E-state index in [1.165, 1.54) is 5.56 Å². The number of phenols is 1. The molecule has 0 radical (unpaired) electrons. The van der Waals surface area contributed by atoms with Crippen LogP contribution in [0.5, 0.6) is 5.75 Å². The Hall–Kier alpha value is -0.510. The number of hydrogen-bond acceptors (Lipinski definition) is 3. The molecule has 3 nitrogen and oxygen atoms in total. The molecule has 0 aliphatic heterocycles. The summed E-state index contributed by atoms with van der Waals surface area (Å²) in [5, 5.41) is 19.3. The zero-order valence-electron chi connectivity index (χ0n) is 11.0. The van der Waals surface area contributed by atoms with Gasteiger partial charge in [-0.1, -0.05) is 31.4 Å². The third-order valence-corrected chi connectivity index (χ3v) is 2.78. The molecule has 1 aromatic carbocycles. The van der Waals surface area contributed by atoms with Crippen LogP contribution in [0, 0.1) is 0 Å². The van der Waals surface area contributed by atoms with Crippen molar-refractivity contribution in [1.29, 1.82) is 0 Å². The van der Waals surface area contributed by atoms with Gasteiger partial charge >= 0.3 is 29.6 Å². The zero-order valence-corrected chi connectivity index (χ0v) is 13.0. The number of aryl methyl sites for hydroxylation is 1. The Morgan fingerprint density at radius 2 is 1.56 bits per heavy atom. The first-order chi connectivity index (χ1) is 8.18. The van der Waals surface area contributed by atoms with E-state index in [-0.39, 0.29) is 36.0 Å². The van der Waals surface area contributed by atoms with Gasteiger partial charge in [-0.2, -0.15) is 0 Å². The molecule has 0 saturated carbocycles. The van der Waals surface area contributed by atoms with E-state index in [2.05, 4.69) is 0 Å². The second kappa shape index (κ2) is 10.4. The molecule has 0 amide bonds. The molecule has 18 heavy (non-hydrogen) atoms. The third kappa shape index (κ3) is 8.56. The van der Waals surface area contributed by atoms with Crippen molar-refractivity contribution in [3.05, 3.63) is 29.8 Å². The summed E-state index contributed by atoms with van der Waals surface area (Å²) in [7, 11) is 0. The number of carbonyl (C=O) groups is 1. The Morgan fingerprint density at radius 3 is 2.17 bits per heavy atom. The van der Waals surface area contributed by atoms with Gasteiger partial charge in [0.2, 0.25) is 0 Å². The molecule has 0 unspecified atom stereocenters. The van der Waals surface area contributed by atoms with Crippen molar-refractivity contribution in [2.24, 2.45) is 0 Å². The predicted molar refractivity (Wildman–Crippen MR) is 64.5 cm³/mol. The summed E-state index contributed by atoms with van der Waals surface area (Å²) in [5.41, 5.74) is 1.23. The van der Waals surface area contributed by atoms with E-state index in [0.717, 1.165) is 38.5 Å². The fourth-order valence-corrected chi connectivity index (χ4v) is 1.79. The number of carbonyl (C=O) groups excluding carboxylic acids is 1. The van der Waals surface area contributed by atoms with Gasteiger partial charge in [-0.15, -0.1) is 0 Å². The van der Waals surface area contributed by atoms with Crippen LogP contribution in [-0.2, 0) is 11.2 Å². The van der Waals surface area contributed by atoms with Gasteiger partial charge in [0.15, 0.2) is 0 Å². The number of phenolic OH excluding ortho intramolecular Hbond substituents is 1. The van der Waals surface area contributed by atoms with Crippen LogP contribution >= 0.6 is 0 Å². The normalized spacial score (nSPS) is 9.78. The molecule has 4 heteroatoms. The fraction of sp³-hybridized carbons (Fsp3) is 0.500. The number of aromatic hydroxyl groups is 1. The van der Waals surface area contributed by atoms with Crippen molar-refractivity contribution in [2.45, 2.75) is 44.9 Å². The molecule has 1 rings (SSSR count). The van der Waals surface area contributed by atoms with Crippen LogP contribution in [0.1, 0.15) is 44.1 Å². The Kier molecular flexibility index (Phi) is 10.1. The number of hydrogen-bond donors (Lipinski definition) is 1. The summed E-state index contributed by atoms with van der Waals surface area (Å²) in [6.07, 6.45) is 6.18. The molecular weight excluding hydrogens is 239 g/mol. The second-order valence-corrected chi connectivity index (χ2v) is 4.31. The van der Waals surface area contributed by atoms with E-state index in [9.17, 15) is 9.90 Å². The molecule has 1 aromatic rings. The van der Waals surface area contributed by atoms with Crippen LogP contribution in [0.25, 0.3) is 0 Å². The van der Waals surface area contributed by atoms with Crippen LogP contribution in [0.2, 0.25) is 0 Å². The van der Waals surface area contributed by atoms with Crippen LogP contribution in [0.15, 0.2) is 24.3 Å². The van der Waals surface area contributed by atoms with Crippen LogP contribution < -0.4 is 34.7 Å². The van der Waals surface area contributed by atoms with Gasteiger partial charge in [0.25, 0.3) is 0 Å². The van der Waals surface area contributed by atoms with E-state index >= 15 is 0 Å². The largest absolute Gasteiger partial charge is 1.00 e. The average Bonchev–Trinajstić information content (AvgIpc) is 2.30. The van der Waals surface area contributed by atoms with Crippen molar-refractivity contribution < 1.29 is 44.6 Å². The van der Waals surface area contributed by atoms with Crippen molar-refractivity contribution >= 4 is 5.97 Å². The minimum Gasteiger partial charge on any atom is -0.550 e. The minimum atomic E-state index is -0.950. The Morgan fingerprint density at radius 1 is 1.00 bits per heavy atom. The smallest absolute Gasteiger partial charge is 0.550 e. The molecule has 0 atom stereocenters. The maximum Gasteiger partial charge on any atom is 1.00 e. The van der Waals surface area contributed by atoms with Crippen molar-refractivity contribution in [1.82, 2.24) is 0 Å². The standard InChI is InChI=1S/C14H20O3.Na/c15-13-10-8-12(9-11-13)6-4-2-1-3-5-7-14(16)17;/h8-11,15H,1-7H2,(H,16,17);/q;+1/p-1. The van der Waals surface area contributed by atoms with Crippen LogP contribution in [-0.4, -0.2) is 11.1 Å². The zero-order chi connectivity index (χ0) is 12.5. The van der Waals surface area contributed by atoms with E-state index in [1.807, 2.05) is 12.1 Å². The van der Waals surface area contributed by atoms with Crippen molar-refractivity contribution in [3.63, 3.8) is 0 Å². The number of unbranched alkanes of at least 4 members (excludes halogenated alkanes) is 4. The molecule has 0 fully saturated rings. The monoisotopic (exact) mass is 258 g/mol. The first-order valence-electron chi connectivity index (χ1n) is 6.16. The van der Waals surface area contributed by atoms with Crippen molar-refractivity contribution in [2.75, 3.05) is 0 Å². The molecular formula is C14H19NaO3. The second-order valence-electron chi connectivity index (χ2n) is 4.31. The van der Waals surface area contributed by atoms with Gasteiger partial charge in [0, 0.05) is 5.97 Å². The Labute approximate surface area is 131 Å². The summed E-state index contributed by atoms with van der Waals surface area (Å²) in [6.45, 7) is 0. The molecule has 0 spiro atoms. The van der Waals surface area contributed by atoms with Gasteiger partial charge in [-0.25, -0.2) is 0 Å². The van der Waals surface area contributed by atoms with Crippen molar-refractivity contribution in [3.8, 4) is 5.75 Å². The molecule has 0 bridgehead atoms. The summed E-state index contributed by atoms with van der Waals surface area (Å²) < 4.78 is 0.